The van der Waals surface area contributed by atoms with Gasteiger partial charge < -0.3 is 19.7 Å². The maximum absolute atomic E-state index is 12.3. The van der Waals surface area contributed by atoms with Crippen molar-refractivity contribution in [3.05, 3.63) is 23.8 Å². The van der Waals surface area contributed by atoms with Crippen LogP contribution in [0.3, 0.4) is 0 Å². The Hall–Kier alpha value is -1.75. The van der Waals surface area contributed by atoms with Gasteiger partial charge in [0.05, 0.1) is 6.61 Å². The second kappa shape index (κ2) is 9.26. The minimum atomic E-state index is 0.0659. The number of likely N-dealkylation sites (tertiary alicyclic amines) is 1. The van der Waals surface area contributed by atoms with Crippen molar-refractivity contribution in [2.75, 3.05) is 26.3 Å². The molecule has 26 heavy (non-hydrogen) atoms. The van der Waals surface area contributed by atoms with Crippen molar-refractivity contribution >= 4 is 5.91 Å². The van der Waals surface area contributed by atoms with Crippen LogP contribution in [0.1, 0.15) is 51.5 Å². The standard InChI is InChI=1S/C21H32N2O3/c1-3-25-20-13-17(14-22-16(2)18-8-9-18)7-10-19(20)26-15-21(24)23-11-5-4-6-12-23/h7,10,13,16,18,22H,3-6,8-9,11-12,14-15H2,1-2H3/t16-/m1/s1. The van der Waals surface area contributed by atoms with Gasteiger partial charge in [-0.05, 0) is 69.6 Å². The third-order valence-corrected chi connectivity index (χ3v) is 5.33. The zero-order chi connectivity index (χ0) is 18.4. The number of piperidine rings is 1. The van der Waals surface area contributed by atoms with Crippen LogP contribution < -0.4 is 14.8 Å². The number of carbonyl (C=O) groups is 1. The molecule has 1 heterocycles. The van der Waals surface area contributed by atoms with E-state index < -0.39 is 0 Å². The Morgan fingerprint density at radius 1 is 1.19 bits per heavy atom. The van der Waals surface area contributed by atoms with Crippen molar-refractivity contribution in [1.29, 1.82) is 0 Å². The summed E-state index contributed by atoms with van der Waals surface area (Å²) in [7, 11) is 0. The van der Waals surface area contributed by atoms with Crippen molar-refractivity contribution in [2.24, 2.45) is 5.92 Å². The van der Waals surface area contributed by atoms with E-state index in [0.29, 0.717) is 18.4 Å². The molecular weight excluding hydrogens is 328 g/mol. The van der Waals surface area contributed by atoms with E-state index in [9.17, 15) is 4.79 Å². The predicted octanol–water partition coefficient (Wildman–Crippen LogP) is 3.36. The first-order valence-electron chi connectivity index (χ1n) is 10.1. The molecule has 2 aliphatic rings. The molecule has 5 heteroatoms. The summed E-state index contributed by atoms with van der Waals surface area (Å²) in [6.07, 6.45) is 6.09. The highest BCUT2D eigenvalue weighted by molar-refractivity contribution is 5.78. The highest BCUT2D eigenvalue weighted by Crippen LogP contribution is 2.33. The molecule has 1 atom stereocenters. The average molecular weight is 360 g/mol. The molecule has 1 N–H and O–H groups in total. The van der Waals surface area contributed by atoms with Crippen LogP contribution in [0.2, 0.25) is 0 Å². The van der Waals surface area contributed by atoms with E-state index in [4.69, 9.17) is 9.47 Å². The second-order valence-electron chi connectivity index (χ2n) is 7.45. The van der Waals surface area contributed by atoms with Crippen LogP contribution in [0.15, 0.2) is 18.2 Å². The molecule has 1 aliphatic heterocycles. The van der Waals surface area contributed by atoms with Gasteiger partial charge in [-0.25, -0.2) is 0 Å². The lowest BCUT2D eigenvalue weighted by Gasteiger charge is -2.26. The normalized spacial score (nSPS) is 18.5. The van der Waals surface area contributed by atoms with E-state index in [1.54, 1.807) is 0 Å². The molecule has 144 valence electrons. The molecule has 0 unspecified atom stereocenters. The van der Waals surface area contributed by atoms with Gasteiger partial charge in [0.25, 0.3) is 5.91 Å². The average Bonchev–Trinajstić information content (AvgIpc) is 3.51. The lowest BCUT2D eigenvalue weighted by Crippen LogP contribution is -2.38. The summed E-state index contributed by atoms with van der Waals surface area (Å²) in [5.74, 6) is 2.27. The number of nitrogens with zero attached hydrogens (tertiary/aromatic N) is 1. The van der Waals surface area contributed by atoms with Gasteiger partial charge in [0, 0.05) is 25.7 Å². The zero-order valence-electron chi connectivity index (χ0n) is 16.1. The highest BCUT2D eigenvalue weighted by Gasteiger charge is 2.27. The number of rotatable bonds is 9. The number of benzene rings is 1. The summed E-state index contributed by atoms with van der Waals surface area (Å²) in [6.45, 7) is 7.40. The van der Waals surface area contributed by atoms with E-state index in [-0.39, 0.29) is 12.5 Å². The van der Waals surface area contributed by atoms with Gasteiger partial charge in [0.2, 0.25) is 0 Å². The van der Waals surface area contributed by atoms with Crippen LogP contribution in [0.25, 0.3) is 0 Å². The summed E-state index contributed by atoms with van der Waals surface area (Å²) < 4.78 is 11.5. The molecule has 1 amide bonds. The van der Waals surface area contributed by atoms with Crippen molar-refractivity contribution in [3.8, 4) is 11.5 Å². The Morgan fingerprint density at radius 3 is 2.65 bits per heavy atom. The number of ether oxygens (including phenoxy) is 2. The summed E-state index contributed by atoms with van der Waals surface area (Å²) in [5, 5.41) is 3.59. The van der Waals surface area contributed by atoms with Crippen molar-refractivity contribution in [2.45, 2.75) is 58.5 Å². The predicted molar refractivity (Wildman–Crippen MR) is 103 cm³/mol. The molecule has 3 rings (SSSR count). The van der Waals surface area contributed by atoms with Crippen LogP contribution in [0.4, 0.5) is 0 Å². The Bertz CT molecular complexity index is 595. The minimum Gasteiger partial charge on any atom is -0.490 e. The SMILES string of the molecule is CCOc1cc(CN[C@H](C)C2CC2)ccc1OCC(=O)N1CCCCC1. The van der Waals surface area contributed by atoms with E-state index in [1.165, 1.54) is 24.8 Å². The summed E-state index contributed by atoms with van der Waals surface area (Å²) in [6, 6.07) is 6.56. The van der Waals surface area contributed by atoms with Crippen LogP contribution in [0.5, 0.6) is 11.5 Å². The molecule has 0 bridgehead atoms. The van der Waals surface area contributed by atoms with Gasteiger partial charge >= 0.3 is 0 Å². The van der Waals surface area contributed by atoms with Gasteiger partial charge in [0.15, 0.2) is 18.1 Å². The smallest absolute Gasteiger partial charge is 0.260 e. The molecule has 0 spiro atoms. The number of nitrogens with one attached hydrogen (secondary N) is 1. The lowest BCUT2D eigenvalue weighted by atomic mass is 10.1. The summed E-state index contributed by atoms with van der Waals surface area (Å²) >= 11 is 0. The Labute approximate surface area is 157 Å². The molecule has 5 nitrogen and oxygen atoms in total. The molecule has 0 radical (unpaired) electrons. The summed E-state index contributed by atoms with van der Waals surface area (Å²) in [4.78, 5) is 14.2. The molecule has 1 aromatic rings. The number of carbonyl (C=O) groups excluding carboxylic acids is 1. The Balaban J connectivity index is 1.55. The fourth-order valence-electron chi connectivity index (χ4n) is 3.47. The molecule has 1 saturated heterocycles. The quantitative estimate of drug-likeness (QED) is 0.734. The maximum atomic E-state index is 12.3. The lowest BCUT2D eigenvalue weighted by molar-refractivity contribution is -0.134. The fourth-order valence-corrected chi connectivity index (χ4v) is 3.47. The molecule has 0 aromatic heterocycles. The van der Waals surface area contributed by atoms with Gasteiger partial charge in [-0.1, -0.05) is 6.07 Å². The molecular formula is C21H32N2O3. The monoisotopic (exact) mass is 360 g/mol. The van der Waals surface area contributed by atoms with Crippen LogP contribution in [-0.2, 0) is 11.3 Å². The third kappa shape index (κ3) is 5.37. The number of amides is 1. The number of hydrogen-bond donors (Lipinski definition) is 1. The van der Waals surface area contributed by atoms with Gasteiger partial charge in [-0.3, -0.25) is 4.79 Å². The first kappa shape index (κ1) is 19.0. The largest absolute Gasteiger partial charge is 0.490 e. The van der Waals surface area contributed by atoms with E-state index in [0.717, 1.165) is 44.1 Å². The first-order chi connectivity index (χ1) is 12.7. The fraction of sp³-hybridized carbons (Fsp3) is 0.667. The molecule has 1 aromatic carbocycles. The van der Waals surface area contributed by atoms with Crippen LogP contribution >= 0.6 is 0 Å². The Kier molecular flexibility index (Phi) is 6.78. The zero-order valence-corrected chi connectivity index (χ0v) is 16.1. The topological polar surface area (TPSA) is 50.8 Å². The first-order valence-corrected chi connectivity index (χ1v) is 10.1. The van der Waals surface area contributed by atoms with Crippen molar-refractivity contribution in [1.82, 2.24) is 10.2 Å². The highest BCUT2D eigenvalue weighted by atomic mass is 16.5. The summed E-state index contributed by atoms with van der Waals surface area (Å²) in [5.41, 5.74) is 1.18. The van der Waals surface area contributed by atoms with E-state index in [2.05, 4.69) is 18.3 Å². The Morgan fingerprint density at radius 2 is 1.96 bits per heavy atom. The van der Waals surface area contributed by atoms with Crippen LogP contribution in [0, 0.1) is 5.92 Å². The maximum Gasteiger partial charge on any atom is 0.260 e. The van der Waals surface area contributed by atoms with Gasteiger partial charge in [-0.2, -0.15) is 0 Å². The molecule has 1 aliphatic carbocycles. The van der Waals surface area contributed by atoms with Crippen molar-refractivity contribution in [3.63, 3.8) is 0 Å². The number of hydrogen-bond acceptors (Lipinski definition) is 4. The van der Waals surface area contributed by atoms with E-state index in [1.807, 2.05) is 24.0 Å². The van der Waals surface area contributed by atoms with Gasteiger partial charge in [-0.15, -0.1) is 0 Å². The third-order valence-electron chi connectivity index (χ3n) is 5.33. The van der Waals surface area contributed by atoms with E-state index >= 15 is 0 Å². The molecule has 1 saturated carbocycles. The molecule has 2 fully saturated rings. The van der Waals surface area contributed by atoms with Gasteiger partial charge in [0.1, 0.15) is 0 Å². The van der Waals surface area contributed by atoms with Crippen molar-refractivity contribution < 1.29 is 14.3 Å². The van der Waals surface area contributed by atoms with Crippen LogP contribution in [-0.4, -0.2) is 43.2 Å². The second-order valence-corrected chi connectivity index (χ2v) is 7.45. The minimum absolute atomic E-state index is 0.0659.